The SMILES string of the molecule is CC#CCCC(O)c1cc(C)ccc1F. The summed E-state index contributed by atoms with van der Waals surface area (Å²) in [5.41, 5.74) is 1.32. The summed E-state index contributed by atoms with van der Waals surface area (Å²) in [5.74, 6) is 5.25. The smallest absolute Gasteiger partial charge is 0.129 e. The van der Waals surface area contributed by atoms with E-state index >= 15 is 0 Å². The second-order valence-electron chi connectivity index (χ2n) is 3.51. The van der Waals surface area contributed by atoms with Crippen LogP contribution in [0.5, 0.6) is 0 Å². The standard InChI is InChI=1S/C13H15FO/c1-3-4-5-6-13(15)11-9-10(2)7-8-12(11)14/h7-9,13,15H,5-6H2,1-2H3. The van der Waals surface area contributed by atoms with Gasteiger partial charge in [0.05, 0.1) is 6.10 Å². The maximum atomic E-state index is 13.3. The number of aryl methyl sites for hydroxylation is 1. The third-order valence-electron chi connectivity index (χ3n) is 2.23. The number of benzene rings is 1. The van der Waals surface area contributed by atoms with Crippen LogP contribution >= 0.6 is 0 Å². The molecule has 0 aliphatic rings. The molecule has 0 amide bonds. The Balaban J connectivity index is 2.74. The van der Waals surface area contributed by atoms with Crippen LogP contribution in [-0.4, -0.2) is 5.11 Å². The van der Waals surface area contributed by atoms with Crippen molar-refractivity contribution >= 4 is 0 Å². The van der Waals surface area contributed by atoms with Crippen LogP contribution in [-0.2, 0) is 0 Å². The highest BCUT2D eigenvalue weighted by atomic mass is 19.1. The molecule has 0 aliphatic heterocycles. The lowest BCUT2D eigenvalue weighted by molar-refractivity contribution is 0.164. The number of rotatable bonds is 3. The minimum absolute atomic E-state index is 0.349. The van der Waals surface area contributed by atoms with Gasteiger partial charge in [0, 0.05) is 12.0 Å². The molecule has 0 spiro atoms. The van der Waals surface area contributed by atoms with E-state index in [-0.39, 0.29) is 5.82 Å². The van der Waals surface area contributed by atoms with E-state index in [0.717, 1.165) is 5.56 Å². The van der Waals surface area contributed by atoms with Gasteiger partial charge in [0.25, 0.3) is 0 Å². The fourth-order valence-corrected chi connectivity index (χ4v) is 1.41. The predicted octanol–water partition coefficient (Wildman–Crippen LogP) is 2.97. The first-order chi connectivity index (χ1) is 7.15. The lowest BCUT2D eigenvalue weighted by atomic mass is 10.0. The normalized spacial score (nSPS) is 11.7. The maximum Gasteiger partial charge on any atom is 0.129 e. The summed E-state index contributed by atoms with van der Waals surface area (Å²) in [6, 6.07) is 4.76. The largest absolute Gasteiger partial charge is 0.388 e. The summed E-state index contributed by atoms with van der Waals surface area (Å²) in [4.78, 5) is 0. The monoisotopic (exact) mass is 206 g/mol. The fourth-order valence-electron chi connectivity index (χ4n) is 1.41. The molecule has 1 nitrogen and oxygen atoms in total. The van der Waals surface area contributed by atoms with Crippen LogP contribution in [0.15, 0.2) is 18.2 Å². The zero-order chi connectivity index (χ0) is 11.3. The molecular weight excluding hydrogens is 191 g/mol. The molecule has 0 saturated carbocycles. The van der Waals surface area contributed by atoms with Crippen LogP contribution < -0.4 is 0 Å². The number of halogens is 1. The van der Waals surface area contributed by atoms with Crippen molar-refractivity contribution in [2.75, 3.05) is 0 Å². The molecule has 0 saturated heterocycles. The third kappa shape index (κ3) is 3.38. The van der Waals surface area contributed by atoms with Gasteiger partial charge >= 0.3 is 0 Å². The van der Waals surface area contributed by atoms with Crippen LogP contribution in [0.2, 0.25) is 0 Å². The van der Waals surface area contributed by atoms with Crippen LogP contribution in [0.4, 0.5) is 4.39 Å². The zero-order valence-corrected chi connectivity index (χ0v) is 9.05. The van der Waals surface area contributed by atoms with Gasteiger partial charge in [-0.1, -0.05) is 17.7 Å². The summed E-state index contributed by atoms with van der Waals surface area (Å²) < 4.78 is 13.3. The van der Waals surface area contributed by atoms with Gasteiger partial charge in [-0.3, -0.25) is 0 Å². The Hall–Kier alpha value is -1.33. The van der Waals surface area contributed by atoms with Crippen LogP contribution in [0, 0.1) is 24.6 Å². The summed E-state index contributed by atoms with van der Waals surface area (Å²) in [6.45, 7) is 3.63. The van der Waals surface area contributed by atoms with Gasteiger partial charge in [-0.15, -0.1) is 11.8 Å². The van der Waals surface area contributed by atoms with Crippen molar-refractivity contribution < 1.29 is 9.50 Å². The predicted molar refractivity (Wildman–Crippen MR) is 58.8 cm³/mol. The summed E-state index contributed by atoms with van der Waals surface area (Å²) >= 11 is 0. The molecule has 1 aromatic rings. The second kappa shape index (κ2) is 5.53. The molecule has 1 N–H and O–H groups in total. The third-order valence-corrected chi connectivity index (χ3v) is 2.23. The Labute approximate surface area is 89.9 Å². The molecule has 0 radical (unpaired) electrons. The van der Waals surface area contributed by atoms with E-state index in [1.165, 1.54) is 6.07 Å². The molecule has 0 aliphatic carbocycles. The highest BCUT2D eigenvalue weighted by Gasteiger charge is 2.11. The van der Waals surface area contributed by atoms with Gasteiger partial charge in [0.1, 0.15) is 5.82 Å². The first-order valence-electron chi connectivity index (χ1n) is 4.99. The van der Waals surface area contributed by atoms with Gasteiger partial charge in [0.2, 0.25) is 0 Å². The minimum atomic E-state index is -0.759. The molecular formula is C13H15FO. The van der Waals surface area contributed by atoms with E-state index < -0.39 is 6.10 Å². The average molecular weight is 206 g/mol. The molecule has 80 valence electrons. The zero-order valence-electron chi connectivity index (χ0n) is 9.05. The van der Waals surface area contributed by atoms with E-state index in [4.69, 9.17) is 0 Å². The Morgan fingerprint density at radius 1 is 1.47 bits per heavy atom. The first kappa shape index (κ1) is 11.7. The Bertz CT molecular complexity index is 387. The lowest BCUT2D eigenvalue weighted by Gasteiger charge is -2.10. The second-order valence-corrected chi connectivity index (χ2v) is 3.51. The van der Waals surface area contributed by atoms with Gasteiger partial charge in [-0.05, 0) is 26.3 Å². The minimum Gasteiger partial charge on any atom is -0.388 e. The van der Waals surface area contributed by atoms with Crippen molar-refractivity contribution in [1.29, 1.82) is 0 Å². The highest BCUT2D eigenvalue weighted by molar-refractivity contribution is 5.26. The quantitative estimate of drug-likeness (QED) is 0.754. The van der Waals surface area contributed by atoms with Gasteiger partial charge in [-0.25, -0.2) is 4.39 Å². The molecule has 15 heavy (non-hydrogen) atoms. The fraction of sp³-hybridized carbons (Fsp3) is 0.385. The molecule has 1 rings (SSSR count). The molecule has 1 unspecified atom stereocenters. The van der Waals surface area contributed by atoms with Crippen molar-refractivity contribution in [3.63, 3.8) is 0 Å². The summed E-state index contributed by atoms with van der Waals surface area (Å²) in [7, 11) is 0. The van der Waals surface area contributed by atoms with Crippen molar-refractivity contribution in [2.24, 2.45) is 0 Å². The maximum absolute atomic E-state index is 13.3. The van der Waals surface area contributed by atoms with E-state index in [1.54, 1.807) is 19.1 Å². The van der Waals surface area contributed by atoms with Crippen molar-refractivity contribution in [2.45, 2.75) is 32.8 Å². The van der Waals surface area contributed by atoms with Crippen LogP contribution in [0.3, 0.4) is 0 Å². The van der Waals surface area contributed by atoms with Crippen molar-refractivity contribution in [3.8, 4) is 11.8 Å². The van der Waals surface area contributed by atoms with Crippen molar-refractivity contribution in [3.05, 3.63) is 35.1 Å². The van der Waals surface area contributed by atoms with E-state index in [9.17, 15) is 9.50 Å². The Kier molecular flexibility index (Phi) is 4.33. The van der Waals surface area contributed by atoms with Crippen LogP contribution in [0.1, 0.15) is 37.0 Å². The molecule has 0 heterocycles. The molecule has 2 heteroatoms. The highest BCUT2D eigenvalue weighted by Crippen LogP contribution is 2.22. The van der Waals surface area contributed by atoms with E-state index in [0.29, 0.717) is 18.4 Å². The Morgan fingerprint density at radius 2 is 2.20 bits per heavy atom. The Morgan fingerprint density at radius 3 is 2.87 bits per heavy atom. The summed E-state index contributed by atoms with van der Waals surface area (Å²) in [6.07, 6.45) is 0.303. The molecule has 1 atom stereocenters. The number of aliphatic hydroxyl groups is 1. The van der Waals surface area contributed by atoms with Gasteiger partial charge < -0.3 is 5.11 Å². The van der Waals surface area contributed by atoms with E-state index in [1.807, 2.05) is 6.92 Å². The van der Waals surface area contributed by atoms with E-state index in [2.05, 4.69) is 11.8 Å². The molecule has 1 aromatic carbocycles. The first-order valence-corrected chi connectivity index (χ1v) is 4.99. The van der Waals surface area contributed by atoms with Gasteiger partial charge in [0.15, 0.2) is 0 Å². The molecule has 0 bridgehead atoms. The topological polar surface area (TPSA) is 20.2 Å². The molecule has 0 fully saturated rings. The lowest BCUT2D eigenvalue weighted by Crippen LogP contribution is -2.00. The van der Waals surface area contributed by atoms with Gasteiger partial charge in [-0.2, -0.15) is 0 Å². The number of hydrogen-bond acceptors (Lipinski definition) is 1. The summed E-state index contributed by atoms with van der Waals surface area (Å²) in [5, 5.41) is 9.74. The van der Waals surface area contributed by atoms with Crippen molar-refractivity contribution in [1.82, 2.24) is 0 Å². The number of aliphatic hydroxyl groups excluding tert-OH is 1. The van der Waals surface area contributed by atoms with Crippen LogP contribution in [0.25, 0.3) is 0 Å². The average Bonchev–Trinajstić information content (AvgIpc) is 2.22. The molecule has 0 aromatic heterocycles. The number of hydrogen-bond donors (Lipinski definition) is 1.